The lowest BCUT2D eigenvalue weighted by Crippen LogP contribution is -2.28. The molecule has 1 aliphatic rings. The average molecular weight is 422 g/mol. The molecule has 1 amide bonds. The number of hydrogen-bond donors (Lipinski definition) is 0. The van der Waals surface area contributed by atoms with Crippen LogP contribution in [0.4, 0.5) is 4.79 Å². The van der Waals surface area contributed by atoms with Crippen LogP contribution >= 0.6 is 0 Å². The molecule has 0 aliphatic heterocycles. The van der Waals surface area contributed by atoms with E-state index in [2.05, 4.69) is 25.1 Å². The lowest BCUT2D eigenvalue weighted by Gasteiger charge is -2.26. The van der Waals surface area contributed by atoms with Crippen LogP contribution in [-0.4, -0.2) is 56.6 Å². The molecule has 0 unspecified atom stereocenters. The highest BCUT2D eigenvalue weighted by molar-refractivity contribution is 5.96. The van der Waals surface area contributed by atoms with Crippen molar-refractivity contribution in [2.75, 3.05) is 34.7 Å². The molecule has 2 aromatic carbocycles. The quantitative estimate of drug-likeness (QED) is 0.712. The van der Waals surface area contributed by atoms with Gasteiger partial charge >= 0.3 is 6.09 Å². The second kappa shape index (κ2) is 9.79. The first-order valence-electron chi connectivity index (χ1n) is 10.5. The van der Waals surface area contributed by atoms with Crippen LogP contribution in [0.1, 0.15) is 41.6 Å². The number of ether oxygens (including phenoxy) is 1. The van der Waals surface area contributed by atoms with Gasteiger partial charge in [-0.15, -0.1) is 0 Å². The normalized spacial score (nSPS) is 14.0. The second-order valence-corrected chi connectivity index (χ2v) is 8.30. The number of carboxylic acid groups (broad SMARTS) is 1. The number of hydrogen-bond acceptors (Lipinski definition) is 5. The Morgan fingerprint density at radius 3 is 2.19 bits per heavy atom. The van der Waals surface area contributed by atoms with Crippen molar-refractivity contribution < 1.29 is 19.4 Å². The van der Waals surface area contributed by atoms with Crippen molar-refractivity contribution in [1.82, 2.24) is 9.80 Å². The zero-order chi connectivity index (χ0) is 22.5. The maximum atomic E-state index is 12.3. The Bertz CT molecular complexity index is 1010. The maximum Gasteiger partial charge on any atom is 0.414 e. The van der Waals surface area contributed by atoms with Crippen LogP contribution in [-0.2, 0) is 0 Å². The fourth-order valence-corrected chi connectivity index (χ4v) is 4.03. The van der Waals surface area contributed by atoms with Gasteiger partial charge < -0.3 is 24.4 Å². The summed E-state index contributed by atoms with van der Waals surface area (Å²) in [4.78, 5) is 27.5. The molecule has 1 aliphatic carbocycles. The topological polar surface area (TPSA) is 72.9 Å². The van der Waals surface area contributed by atoms with Crippen LogP contribution < -0.4 is 9.84 Å². The van der Waals surface area contributed by atoms with Gasteiger partial charge in [0.1, 0.15) is 5.75 Å². The van der Waals surface area contributed by atoms with Gasteiger partial charge in [0, 0.05) is 31.8 Å². The molecule has 0 saturated heterocycles. The molecule has 0 bridgehead atoms. The van der Waals surface area contributed by atoms with Gasteiger partial charge in [0.25, 0.3) is 0 Å². The Kier molecular flexibility index (Phi) is 7.13. The number of likely N-dealkylation sites (N-methyl/N-ethyl adjacent to an activating group) is 1. The Hall–Kier alpha value is -3.12. The number of carbonyl (C=O) groups excluding carboxylic acids is 2. The van der Waals surface area contributed by atoms with Gasteiger partial charge in [0.05, 0.1) is 5.97 Å². The van der Waals surface area contributed by atoms with E-state index in [1.807, 2.05) is 18.2 Å². The Morgan fingerprint density at radius 2 is 1.55 bits per heavy atom. The van der Waals surface area contributed by atoms with Crippen molar-refractivity contribution >= 4 is 17.6 Å². The molecule has 0 heterocycles. The zero-order valence-corrected chi connectivity index (χ0v) is 18.6. The Labute approximate surface area is 183 Å². The van der Waals surface area contributed by atoms with Gasteiger partial charge in [-0.2, -0.15) is 0 Å². The fourth-order valence-electron chi connectivity index (χ4n) is 4.03. The molecule has 0 radical (unpaired) electrons. The molecule has 0 spiro atoms. The zero-order valence-electron chi connectivity index (χ0n) is 18.6. The van der Waals surface area contributed by atoms with Gasteiger partial charge in [-0.25, -0.2) is 4.79 Å². The van der Waals surface area contributed by atoms with Crippen molar-refractivity contribution in [2.24, 2.45) is 0 Å². The molecule has 164 valence electrons. The lowest BCUT2D eigenvalue weighted by molar-refractivity contribution is -0.255. The predicted octanol–water partition coefficient (Wildman–Crippen LogP) is 3.67. The summed E-state index contributed by atoms with van der Waals surface area (Å²) >= 11 is 0. The van der Waals surface area contributed by atoms with Crippen molar-refractivity contribution in [3.05, 3.63) is 59.2 Å². The van der Waals surface area contributed by atoms with Gasteiger partial charge in [-0.3, -0.25) is 0 Å². The van der Waals surface area contributed by atoms with Crippen molar-refractivity contribution in [3.63, 3.8) is 0 Å². The summed E-state index contributed by atoms with van der Waals surface area (Å²) < 4.78 is 5.53. The van der Waals surface area contributed by atoms with Crippen LogP contribution in [0.3, 0.4) is 0 Å². The number of carbonyl (C=O) groups is 2. The van der Waals surface area contributed by atoms with Gasteiger partial charge in [0.15, 0.2) is 0 Å². The molecular formula is C25H29N2O4-. The van der Waals surface area contributed by atoms with Crippen LogP contribution in [0.15, 0.2) is 48.0 Å². The molecule has 0 N–H and O–H groups in total. The second-order valence-electron chi connectivity index (χ2n) is 8.30. The predicted molar refractivity (Wildman–Crippen MR) is 120 cm³/mol. The maximum absolute atomic E-state index is 12.3. The minimum Gasteiger partial charge on any atom is -0.545 e. The molecule has 2 aromatic rings. The molecule has 0 atom stereocenters. The minimum atomic E-state index is -1.38. The average Bonchev–Trinajstić information content (AvgIpc) is 2.73. The van der Waals surface area contributed by atoms with E-state index in [9.17, 15) is 14.7 Å². The van der Waals surface area contributed by atoms with E-state index in [0.29, 0.717) is 5.56 Å². The third kappa shape index (κ3) is 5.14. The first-order chi connectivity index (χ1) is 14.8. The Balaban J connectivity index is 2.21. The first kappa shape index (κ1) is 22.6. The van der Waals surface area contributed by atoms with Crippen LogP contribution in [0.25, 0.3) is 16.7 Å². The molecular weight excluding hydrogens is 392 g/mol. The van der Waals surface area contributed by atoms with Crippen LogP contribution in [0.2, 0.25) is 0 Å². The van der Waals surface area contributed by atoms with E-state index >= 15 is 0 Å². The highest BCUT2D eigenvalue weighted by atomic mass is 16.6. The number of para-hydroxylation sites is 1. The number of carboxylic acids is 1. The number of aromatic carboxylic acids is 1. The summed E-state index contributed by atoms with van der Waals surface area (Å²) in [7, 11) is 7.23. The number of allylic oxidation sites excluding steroid dienone is 1. The molecule has 0 fully saturated rings. The summed E-state index contributed by atoms with van der Waals surface area (Å²) in [5.74, 6) is -1.37. The highest BCUT2D eigenvalue weighted by Crippen LogP contribution is 2.41. The van der Waals surface area contributed by atoms with Crippen LogP contribution in [0.5, 0.6) is 5.75 Å². The molecule has 3 rings (SSSR count). The highest BCUT2D eigenvalue weighted by Gasteiger charge is 2.22. The van der Waals surface area contributed by atoms with Crippen LogP contribution in [0, 0.1) is 0 Å². The third-order valence-corrected chi connectivity index (χ3v) is 5.42. The molecule has 6 nitrogen and oxygen atoms in total. The molecule has 31 heavy (non-hydrogen) atoms. The van der Waals surface area contributed by atoms with E-state index < -0.39 is 12.1 Å². The van der Waals surface area contributed by atoms with Gasteiger partial charge in [-0.1, -0.05) is 42.0 Å². The van der Waals surface area contributed by atoms with Crippen molar-refractivity contribution in [2.45, 2.75) is 25.7 Å². The number of benzene rings is 2. The van der Waals surface area contributed by atoms with E-state index in [4.69, 9.17) is 4.74 Å². The van der Waals surface area contributed by atoms with E-state index in [1.54, 1.807) is 26.2 Å². The number of nitrogens with zero attached hydrogens (tertiary/aromatic N) is 2. The summed E-state index contributed by atoms with van der Waals surface area (Å²) in [6.07, 6.45) is 3.65. The molecule has 6 heteroatoms. The lowest BCUT2D eigenvalue weighted by atomic mass is 9.83. The summed E-state index contributed by atoms with van der Waals surface area (Å²) in [6, 6.07) is 12.8. The summed E-state index contributed by atoms with van der Waals surface area (Å²) in [5, 5.41) is 11.8. The van der Waals surface area contributed by atoms with E-state index in [1.165, 1.54) is 28.5 Å². The van der Waals surface area contributed by atoms with Gasteiger partial charge in [-0.05, 0) is 62.5 Å². The van der Waals surface area contributed by atoms with Gasteiger partial charge in [0.2, 0.25) is 0 Å². The summed E-state index contributed by atoms with van der Waals surface area (Å²) in [5.41, 5.74) is 5.01. The molecule has 0 aromatic heterocycles. The monoisotopic (exact) mass is 421 g/mol. The minimum absolute atomic E-state index is 0.0132. The van der Waals surface area contributed by atoms with Crippen molar-refractivity contribution in [3.8, 4) is 16.9 Å². The van der Waals surface area contributed by atoms with E-state index in [0.717, 1.165) is 36.9 Å². The number of amides is 1. The summed E-state index contributed by atoms with van der Waals surface area (Å²) in [6.45, 7) is 0.880. The Morgan fingerprint density at radius 1 is 0.903 bits per heavy atom. The fraction of sp³-hybridized carbons (Fsp3) is 0.360. The number of rotatable bonds is 6. The smallest absolute Gasteiger partial charge is 0.414 e. The standard InChI is InChI=1S/C25H30N2O4/c1-26(2)16-17-10-5-6-11-18(17)19-12-7-8-13-20(19)21-14-9-15-22(24(28)29)23(21)31-25(30)27(3)4/h7-9,12-15H,5-6,10-11,16H2,1-4H3,(H,28,29)/p-1. The van der Waals surface area contributed by atoms with Crippen molar-refractivity contribution in [1.29, 1.82) is 0 Å². The first-order valence-corrected chi connectivity index (χ1v) is 10.5. The SMILES string of the molecule is CN(C)CC1=C(c2ccccc2-c2cccc(C(=O)[O-])c2OC(=O)N(C)C)CCCC1. The largest absolute Gasteiger partial charge is 0.545 e. The molecule has 0 saturated carbocycles. The van der Waals surface area contributed by atoms with E-state index in [-0.39, 0.29) is 11.3 Å². The third-order valence-electron chi connectivity index (χ3n) is 5.42.